The van der Waals surface area contributed by atoms with E-state index in [4.69, 9.17) is 11.6 Å². The maximum atomic E-state index is 5.85. The third-order valence-electron chi connectivity index (χ3n) is 3.76. The molecule has 1 aromatic rings. The summed E-state index contributed by atoms with van der Waals surface area (Å²) in [5.41, 5.74) is 0.443. The maximum absolute atomic E-state index is 5.85. The van der Waals surface area contributed by atoms with Crippen molar-refractivity contribution in [3.8, 4) is 0 Å². The summed E-state index contributed by atoms with van der Waals surface area (Å²) in [4.78, 5) is 8.29. The van der Waals surface area contributed by atoms with Crippen LogP contribution in [0.4, 0.5) is 5.82 Å². The SMILES string of the molecule is CC(C)CC1(CNc2cncc(Cl)n2)CCCC1. The molecule has 1 saturated carbocycles. The van der Waals surface area contributed by atoms with Crippen LogP contribution in [0.2, 0.25) is 5.15 Å². The van der Waals surface area contributed by atoms with Crippen LogP contribution in [-0.2, 0) is 0 Å². The van der Waals surface area contributed by atoms with E-state index in [1.54, 1.807) is 12.4 Å². The molecule has 0 spiro atoms. The molecule has 100 valence electrons. The number of halogens is 1. The van der Waals surface area contributed by atoms with Gasteiger partial charge in [0.05, 0.1) is 12.4 Å². The molecule has 1 heterocycles. The smallest absolute Gasteiger partial charge is 0.149 e. The molecule has 1 fully saturated rings. The molecular weight excluding hydrogens is 246 g/mol. The first-order chi connectivity index (χ1) is 8.60. The quantitative estimate of drug-likeness (QED) is 0.871. The van der Waals surface area contributed by atoms with Gasteiger partial charge in [0.1, 0.15) is 11.0 Å². The van der Waals surface area contributed by atoms with Gasteiger partial charge in [-0.25, -0.2) is 4.98 Å². The number of rotatable bonds is 5. The minimum absolute atomic E-state index is 0.443. The van der Waals surface area contributed by atoms with Gasteiger partial charge < -0.3 is 5.32 Å². The fourth-order valence-electron chi connectivity index (χ4n) is 3.15. The lowest BCUT2D eigenvalue weighted by Gasteiger charge is -2.31. The van der Waals surface area contributed by atoms with Crippen molar-refractivity contribution in [2.45, 2.75) is 46.0 Å². The highest BCUT2D eigenvalue weighted by Crippen LogP contribution is 2.43. The topological polar surface area (TPSA) is 37.8 Å². The lowest BCUT2D eigenvalue weighted by molar-refractivity contribution is 0.252. The van der Waals surface area contributed by atoms with E-state index in [9.17, 15) is 0 Å². The molecule has 1 aliphatic rings. The summed E-state index contributed by atoms with van der Waals surface area (Å²) in [6.07, 6.45) is 9.95. The van der Waals surface area contributed by atoms with Gasteiger partial charge in [0.15, 0.2) is 0 Å². The van der Waals surface area contributed by atoms with Crippen molar-refractivity contribution in [1.29, 1.82) is 0 Å². The summed E-state index contributed by atoms with van der Waals surface area (Å²) < 4.78 is 0. The van der Waals surface area contributed by atoms with E-state index in [1.165, 1.54) is 32.1 Å². The van der Waals surface area contributed by atoms with Gasteiger partial charge in [0, 0.05) is 6.54 Å². The molecule has 0 aliphatic heterocycles. The summed E-state index contributed by atoms with van der Waals surface area (Å²) in [6.45, 7) is 5.60. The number of hydrogen-bond acceptors (Lipinski definition) is 3. The predicted octanol–water partition coefficient (Wildman–Crippen LogP) is 4.15. The van der Waals surface area contributed by atoms with Crippen LogP contribution in [0.15, 0.2) is 12.4 Å². The molecule has 2 rings (SSSR count). The maximum Gasteiger partial charge on any atom is 0.149 e. The van der Waals surface area contributed by atoms with Crippen LogP contribution in [0.25, 0.3) is 0 Å². The Labute approximate surface area is 114 Å². The molecule has 1 N–H and O–H groups in total. The van der Waals surface area contributed by atoms with Crippen LogP contribution >= 0.6 is 11.6 Å². The van der Waals surface area contributed by atoms with Gasteiger partial charge in [0.25, 0.3) is 0 Å². The summed E-state index contributed by atoms with van der Waals surface area (Å²) in [5, 5.41) is 3.86. The fraction of sp³-hybridized carbons (Fsp3) is 0.714. The van der Waals surface area contributed by atoms with E-state index in [1.807, 2.05) is 0 Å². The molecule has 0 amide bonds. The highest BCUT2D eigenvalue weighted by atomic mass is 35.5. The van der Waals surface area contributed by atoms with Crippen molar-refractivity contribution >= 4 is 17.4 Å². The third-order valence-corrected chi connectivity index (χ3v) is 3.94. The number of nitrogens with one attached hydrogen (secondary N) is 1. The lowest BCUT2D eigenvalue weighted by atomic mass is 9.78. The first kappa shape index (κ1) is 13.6. The molecule has 0 bridgehead atoms. The van der Waals surface area contributed by atoms with Gasteiger partial charge in [-0.05, 0) is 30.6 Å². The Kier molecular flexibility index (Phi) is 4.44. The molecule has 3 nitrogen and oxygen atoms in total. The molecule has 1 aromatic heterocycles. The molecule has 1 aliphatic carbocycles. The van der Waals surface area contributed by atoms with Gasteiger partial charge in [-0.1, -0.05) is 38.3 Å². The Hall–Kier alpha value is -0.830. The van der Waals surface area contributed by atoms with Crippen molar-refractivity contribution in [2.75, 3.05) is 11.9 Å². The Morgan fingerprint density at radius 2 is 2.06 bits per heavy atom. The molecule has 4 heteroatoms. The summed E-state index contributed by atoms with van der Waals surface area (Å²) >= 11 is 5.85. The Morgan fingerprint density at radius 3 is 2.67 bits per heavy atom. The minimum atomic E-state index is 0.443. The zero-order valence-corrected chi connectivity index (χ0v) is 12.0. The molecule has 0 unspecified atom stereocenters. The summed E-state index contributed by atoms with van der Waals surface area (Å²) in [6, 6.07) is 0. The second-order valence-corrected chi connectivity index (χ2v) is 6.27. The Bertz CT molecular complexity index is 386. The average molecular weight is 268 g/mol. The average Bonchev–Trinajstić information content (AvgIpc) is 2.75. The highest BCUT2D eigenvalue weighted by molar-refractivity contribution is 6.29. The zero-order chi connectivity index (χ0) is 13.0. The van der Waals surface area contributed by atoms with E-state index < -0.39 is 0 Å². The Morgan fingerprint density at radius 1 is 1.33 bits per heavy atom. The van der Waals surface area contributed by atoms with E-state index in [2.05, 4.69) is 29.1 Å². The first-order valence-corrected chi connectivity index (χ1v) is 7.19. The minimum Gasteiger partial charge on any atom is -0.368 e. The molecule has 0 atom stereocenters. The van der Waals surface area contributed by atoms with Crippen LogP contribution in [0, 0.1) is 11.3 Å². The van der Waals surface area contributed by atoms with E-state index >= 15 is 0 Å². The summed E-state index contributed by atoms with van der Waals surface area (Å²) in [5.74, 6) is 1.54. The van der Waals surface area contributed by atoms with Crippen molar-refractivity contribution in [2.24, 2.45) is 11.3 Å². The van der Waals surface area contributed by atoms with Gasteiger partial charge in [0.2, 0.25) is 0 Å². The molecule has 0 saturated heterocycles. The normalized spacial score (nSPS) is 18.2. The largest absolute Gasteiger partial charge is 0.368 e. The van der Waals surface area contributed by atoms with Gasteiger partial charge in [-0.3, -0.25) is 4.98 Å². The predicted molar refractivity (Wildman–Crippen MR) is 75.9 cm³/mol. The first-order valence-electron chi connectivity index (χ1n) is 6.81. The number of hydrogen-bond donors (Lipinski definition) is 1. The van der Waals surface area contributed by atoms with Crippen molar-refractivity contribution in [3.05, 3.63) is 17.5 Å². The second kappa shape index (κ2) is 5.87. The van der Waals surface area contributed by atoms with Gasteiger partial charge in [-0.2, -0.15) is 0 Å². The van der Waals surface area contributed by atoms with Crippen LogP contribution in [0.1, 0.15) is 46.0 Å². The molecule has 18 heavy (non-hydrogen) atoms. The zero-order valence-electron chi connectivity index (χ0n) is 11.2. The number of nitrogens with zero attached hydrogens (tertiary/aromatic N) is 2. The third kappa shape index (κ3) is 3.58. The monoisotopic (exact) mass is 267 g/mol. The molecular formula is C14H22ClN3. The van der Waals surface area contributed by atoms with Gasteiger partial charge >= 0.3 is 0 Å². The van der Waals surface area contributed by atoms with Crippen LogP contribution in [0.3, 0.4) is 0 Å². The van der Waals surface area contributed by atoms with Crippen molar-refractivity contribution in [1.82, 2.24) is 9.97 Å². The second-order valence-electron chi connectivity index (χ2n) is 5.89. The molecule has 0 radical (unpaired) electrons. The standard InChI is InChI=1S/C14H22ClN3/c1-11(2)7-14(5-3-4-6-14)10-17-13-9-16-8-12(15)18-13/h8-9,11H,3-7,10H2,1-2H3,(H,17,18). The lowest BCUT2D eigenvalue weighted by Crippen LogP contribution is -2.28. The van der Waals surface area contributed by atoms with Crippen LogP contribution in [-0.4, -0.2) is 16.5 Å². The molecule has 0 aromatic carbocycles. The summed E-state index contributed by atoms with van der Waals surface area (Å²) in [7, 11) is 0. The van der Waals surface area contributed by atoms with E-state index in [0.717, 1.165) is 18.3 Å². The fourth-order valence-corrected chi connectivity index (χ4v) is 3.30. The van der Waals surface area contributed by atoms with Crippen LogP contribution in [0.5, 0.6) is 0 Å². The van der Waals surface area contributed by atoms with Crippen LogP contribution < -0.4 is 5.32 Å². The Balaban J connectivity index is 1.97. The van der Waals surface area contributed by atoms with E-state index in [0.29, 0.717) is 10.6 Å². The van der Waals surface area contributed by atoms with Crippen molar-refractivity contribution < 1.29 is 0 Å². The van der Waals surface area contributed by atoms with Crippen molar-refractivity contribution in [3.63, 3.8) is 0 Å². The highest BCUT2D eigenvalue weighted by Gasteiger charge is 2.34. The number of aromatic nitrogens is 2. The van der Waals surface area contributed by atoms with Gasteiger partial charge in [-0.15, -0.1) is 0 Å². The number of anilines is 1. The van der Waals surface area contributed by atoms with E-state index in [-0.39, 0.29) is 0 Å².